The molecule has 15 nitrogen and oxygen atoms in total. The average Bonchev–Trinajstić information content (AvgIpc) is 3.49. The van der Waals surface area contributed by atoms with Gasteiger partial charge in [-0.2, -0.15) is 0 Å². The SMILES string of the molecule is CS/C(=N\C1O[C@H](COC(C)=O)[C@H](OC(C)=O)[C@H](OC(C)=O)[C@H]1OC(C)=O)NC(=O)C[C@H](Cc1ccc(C)cc1)NC(=O)OCC1c2ccccc2-c2ccccc21. The second kappa shape index (κ2) is 20.1. The standard InChI is InChI=1S/C42H47N3O12S/c1-23-15-17-28(18-16-23)19-29(43-42(51)53-21-34-32-13-9-7-11-30(32)31-12-8-10-14-33(31)34)20-36(50)44-41(58-6)45-40-39(56-27(5)49)38(55-26(4)48)37(54-25(3)47)35(57-40)22-52-24(2)46/h7-18,29,34-35,37-40H,19-22H2,1-6H3,(H,43,51)(H,44,45,50)/t29-,35+,37-,38-,39+,40?/m0/s1. The first kappa shape index (κ1) is 43.4. The normalized spacial score (nSPS) is 20.4. The van der Waals surface area contributed by atoms with Crippen molar-refractivity contribution < 1.29 is 57.2 Å². The van der Waals surface area contributed by atoms with Gasteiger partial charge >= 0.3 is 30.0 Å². The number of aliphatic imine (C=N–C) groups is 1. The molecule has 2 aliphatic rings. The van der Waals surface area contributed by atoms with Gasteiger partial charge in [0.2, 0.25) is 5.91 Å². The summed E-state index contributed by atoms with van der Waals surface area (Å²) in [5.74, 6) is -3.72. The number of esters is 4. The number of alkyl carbamates (subject to hydrolysis) is 1. The molecular formula is C42H47N3O12S. The Bertz CT molecular complexity index is 1980. The maximum absolute atomic E-state index is 13.7. The molecule has 3 aromatic carbocycles. The van der Waals surface area contributed by atoms with Gasteiger partial charge in [-0.25, -0.2) is 9.79 Å². The van der Waals surface area contributed by atoms with Crippen LogP contribution < -0.4 is 10.6 Å². The molecule has 0 radical (unpaired) electrons. The van der Waals surface area contributed by atoms with Crippen LogP contribution in [0.1, 0.15) is 62.3 Å². The number of thioether (sulfide) groups is 1. The van der Waals surface area contributed by atoms with E-state index in [2.05, 4.69) is 15.6 Å². The average molecular weight is 818 g/mol. The monoisotopic (exact) mass is 817 g/mol. The van der Waals surface area contributed by atoms with Crippen molar-refractivity contribution in [3.05, 3.63) is 95.1 Å². The number of rotatable bonds is 13. The van der Waals surface area contributed by atoms with Gasteiger partial charge < -0.3 is 39.1 Å². The number of ether oxygens (including phenoxy) is 6. The van der Waals surface area contributed by atoms with Crippen molar-refractivity contribution in [2.75, 3.05) is 19.5 Å². The third kappa shape index (κ3) is 11.7. The second-order valence-corrected chi connectivity index (χ2v) is 14.6. The van der Waals surface area contributed by atoms with Gasteiger partial charge in [0.1, 0.15) is 19.3 Å². The fourth-order valence-electron chi connectivity index (χ4n) is 6.94. The Kier molecular flexibility index (Phi) is 15.0. The lowest BCUT2D eigenvalue weighted by Gasteiger charge is -2.43. The summed E-state index contributed by atoms with van der Waals surface area (Å²) < 4.78 is 33.4. The van der Waals surface area contributed by atoms with Gasteiger partial charge in [0.05, 0.1) is 0 Å². The lowest BCUT2D eigenvalue weighted by Crippen LogP contribution is -2.62. The third-order valence-electron chi connectivity index (χ3n) is 9.35. The zero-order chi connectivity index (χ0) is 41.9. The van der Waals surface area contributed by atoms with Crippen LogP contribution in [-0.4, -0.2) is 97.2 Å². The maximum atomic E-state index is 13.7. The molecule has 5 rings (SSSR count). The number of fused-ring (bicyclic) bond motifs is 3. The Morgan fingerprint density at radius 3 is 1.86 bits per heavy atom. The number of carbonyl (C=O) groups is 6. The van der Waals surface area contributed by atoms with Crippen LogP contribution in [0.2, 0.25) is 0 Å². The number of amides is 2. The topological polar surface area (TPSA) is 194 Å². The molecule has 6 atom stereocenters. The molecule has 0 bridgehead atoms. The minimum Gasteiger partial charge on any atom is -0.463 e. The largest absolute Gasteiger partial charge is 0.463 e. The quantitative estimate of drug-likeness (QED) is 0.104. The molecule has 2 amide bonds. The van der Waals surface area contributed by atoms with Gasteiger partial charge in [-0.05, 0) is 47.4 Å². The molecule has 2 N–H and O–H groups in total. The lowest BCUT2D eigenvalue weighted by molar-refractivity contribution is -0.250. The number of benzene rings is 3. The molecule has 1 aliphatic carbocycles. The lowest BCUT2D eigenvalue weighted by atomic mass is 9.97. The van der Waals surface area contributed by atoms with Gasteiger partial charge in [-0.15, -0.1) is 0 Å². The molecule has 3 aromatic rings. The number of aryl methyl sites for hydroxylation is 1. The van der Waals surface area contributed by atoms with Crippen LogP contribution in [-0.2, 0) is 58.8 Å². The van der Waals surface area contributed by atoms with Crippen molar-refractivity contribution in [3.8, 4) is 11.1 Å². The van der Waals surface area contributed by atoms with Crippen molar-refractivity contribution in [3.63, 3.8) is 0 Å². The summed E-state index contributed by atoms with van der Waals surface area (Å²) in [6.07, 6.45) is -5.89. The smallest absolute Gasteiger partial charge is 0.407 e. The second-order valence-electron chi connectivity index (χ2n) is 13.8. The summed E-state index contributed by atoms with van der Waals surface area (Å²) in [5, 5.41) is 5.62. The number of hydrogen-bond donors (Lipinski definition) is 2. The highest BCUT2D eigenvalue weighted by atomic mass is 32.2. The van der Waals surface area contributed by atoms with Crippen molar-refractivity contribution in [2.24, 2.45) is 4.99 Å². The van der Waals surface area contributed by atoms with E-state index in [1.807, 2.05) is 79.7 Å². The summed E-state index contributed by atoms with van der Waals surface area (Å²) in [7, 11) is 0. The highest BCUT2D eigenvalue weighted by Crippen LogP contribution is 2.44. The van der Waals surface area contributed by atoms with E-state index < -0.39 is 79.2 Å². The molecule has 58 heavy (non-hydrogen) atoms. The fourth-order valence-corrected chi connectivity index (χ4v) is 7.37. The minimum atomic E-state index is -1.46. The molecule has 1 aliphatic heterocycles. The van der Waals surface area contributed by atoms with Crippen molar-refractivity contribution in [2.45, 2.75) is 90.1 Å². The Morgan fingerprint density at radius 1 is 0.724 bits per heavy atom. The van der Waals surface area contributed by atoms with E-state index in [0.29, 0.717) is 6.42 Å². The van der Waals surface area contributed by atoms with Crippen LogP contribution in [0, 0.1) is 6.92 Å². The summed E-state index contributed by atoms with van der Waals surface area (Å²) in [5.41, 5.74) is 6.23. The molecule has 1 unspecified atom stereocenters. The van der Waals surface area contributed by atoms with E-state index in [9.17, 15) is 28.8 Å². The van der Waals surface area contributed by atoms with Crippen LogP contribution in [0.25, 0.3) is 11.1 Å². The molecule has 0 saturated carbocycles. The molecule has 308 valence electrons. The predicted octanol–water partition coefficient (Wildman–Crippen LogP) is 4.75. The summed E-state index contributed by atoms with van der Waals surface area (Å²) >= 11 is 1.02. The third-order valence-corrected chi connectivity index (χ3v) is 9.94. The van der Waals surface area contributed by atoms with Gasteiger partial charge in [-0.3, -0.25) is 24.0 Å². The van der Waals surface area contributed by atoms with Crippen LogP contribution in [0.4, 0.5) is 4.79 Å². The van der Waals surface area contributed by atoms with E-state index in [1.54, 1.807) is 6.26 Å². The van der Waals surface area contributed by atoms with Crippen molar-refractivity contribution >= 4 is 52.8 Å². The molecule has 1 heterocycles. The van der Waals surface area contributed by atoms with E-state index >= 15 is 0 Å². The fraction of sp³-hybridized carbons (Fsp3) is 0.405. The highest BCUT2D eigenvalue weighted by Gasteiger charge is 2.52. The van der Waals surface area contributed by atoms with Crippen LogP contribution >= 0.6 is 11.8 Å². The summed E-state index contributed by atoms with van der Waals surface area (Å²) in [6.45, 7) is 6.12. The van der Waals surface area contributed by atoms with E-state index in [4.69, 9.17) is 28.4 Å². The Labute approximate surface area is 340 Å². The maximum Gasteiger partial charge on any atom is 0.407 e. The van der Waals surface area contributed by atoms with Gasteiger partial charge in [0.25, 0.3) is 0 Å². The molecular weight excluding hydrogens is 771 g/mol. The summed E-state index contributed by atoms with van der Waals surface area (Å²) in [6, 6.07) is 23.0. The highest BCUT2D eigenvalue weighted by molar-refractivity contribution is 8.13. The number of nitrogens with one attached hydrogen (secondary N) is 2. The van der Waals surface area contributed by atoms with Crippen LogP contribution in [0.15, 0.2) is 77.8 Å². The van der Waals surface area contributed by atoms with Crippen LogP contribution in [0.5, 0.6) is 0 Å². The number of amidine groups is 1. The molecule has 1 saturated heterocycles. The number of nitrogens with zero attached hydrogens (tertiary/aromatic N) is 1. The Hall–Kier alpha value is -5.74. The van der Waals surface area contributed by atoms with Crippen molar-refractivity contribution in [1.82, 2.24) is 10.6 Å². The zero-order valence-electron chi connectivity index (χ0n) is 33.1. The molecule has 1 fully saturated rings. The van der Waals surface area contributed by atoms with E-state index in [1.165, 1.54) is 6.92 Å². The number of carbonyl (C=O) groups excluding carboxylic acids is 6. The Morgan fingerprint density at radius 2 is 1.29 bits per heavy atom. The van der Waals surface area contributed by atoms with Gasteiger partial charge in [0.15, 0.2) is 29.7 Å². The molecule has 16 heteroatoms. The Balaban J connectivity index is 1.34. The first-order valence-electron chi connectivity index (χ1n) is 18.6. The first-order chi connectivity index (χ1) is 27.7. The van der Waals surface area contributed by atoms with Gasteiger partial charge in [-0.1, -0.05) is 90.1 Å². The predicted molar refractivity (Wildman–Crippen MR) is 213 cm³/mol. The van der Waals surface area contributed by atoms with Crippen LogP contribution in [0.3, 0.4) is 0 Å². The minimum absolute atomic E-state index is 0.0149. The molecule has 0 aromatic heterocycles. The number of hydrogen-bond acceptors (Lipinski definition) is 14. The summed E-state index contributed by atoms with van der Waals surface area (Å²) in [4.78, 5) is 80.0. The molecule has 0 spiro atoms. The zero-order valence-corrected chi connectivity index (χ0v) is 33.9. The van der Waals surface area contributed by atoms with Gasteiger partial charge in [0, 0.05) is 46.1 Å². The first-order valence-corrected chi connectivity index (χ1v) is 19.8. The van der Waals surface area contributed by atoms with Crippen molar-refractivity contribution in [1.29, 1.82) is 0 Å². The van der Waals surface area contributed by atoms with E-state index in [0.717, 1.165) is 65.9 Å². The van der Waals surface area contributed by atoms with E-state index in [-0.39, 0.29) is 24.1 Å².